The zero-order valence-electron chi connectivity index (χ0n) is 21.3. The second-order valence-electron chi connectivity index (χ2n) is 7.66. The monoisotopic (exact) mass is 520 g/mol. The summed E-state index contributed by atoms with van der Waals surface area (Å²) < 4.78 is 38.1. The van der Waals surface area contributed by atoms with E-state index in [-0.39, 0.29) is 0 Å². The quantitative estimate of drug-likeness (QED) is 0.200. The van der Waals surface area contributed by atoms with Crippen molar-refractivity contribution in [2.75, 3.05) is 6.61 Å². The molecule has 6 atom stereocenters. The highest BCUT2D eigenvalue weighted by Crippen LogP contribution is 2.37. The topological polar surface area (TPSA) is 207 Å². The fourth-order valence-corrected chi connectivity index (χ4v) is 3.55. The molecular formula is C21H29NO14. The summed E-state index contributed by atoms with van der Waals surface area (Å²) in [5.41, 5.74) is 0. The average molecular weight is 520 g/mol. The molecule has 36 heavy (non-hydrogen) atoms. The van der Waals surface area contributed by atoms with Crippen LogP contribution < -0.4 is 5.32 Å². The highest BCUT2D eigenvalue weighted by Gasteiger charge is 2.60. The van der Waals surface area contributed by atoms with Crippen LogP contribution in [0, 0.1) is 0 Å². The van der Waals surface area contributed by atoms with Gasteiger partial charge >= 0.3 is 41.6 Å². The predicted octanol–water partition coefficient (Wildman–Crippen LogP) is -1.58. The van der Waals surface area contributed by atoms with E-state index in [1.165, 1.54) is 0 Å². The lowest BCUT2D eigenvalue weighted by molar-refractivity contribution is -0.303. The summed E-state index contributed by atoms with van der Waals surface area (Å²) in [6, 6.07) is -1.52. The molecule has 15 nitrogen and oxygen atoms in total. The normalized spacial score (nSPS) is 25.2. The zero-order chi connectivity index (χ0) is 28.5. The van der Waals surface area contributed by atoms with Crippen molar-refractivity contribution in [2.24, 2.45) is 0 Å². The molecule has 0 aliphatic carbocycles. The van der Waals surface area contributed by atoms with Crippen LogP contribution in [0.2, 0.25) is 0 Å². The molecule has 1 amide bonds. The molecule has 2 N–H and O–H groups in total. The lowest BCUT2D eigenvalue weighted by Crippen LogP contribution is -2.69. The van der Waals surface area contributed by atoms with Crippen LogP contribution in [-0.2, 0) is 62.0 Å². The molecular weight excluding hydrogens is 490 g/mol. The van der Waals surface area contributed by atoms with E-state index in [0.717, 1.165) is 34.6 Å². The maximum Gasteiger partial charge on any atom is 0.387 e. The van der Waals surface area contributed by atoms with Gasteiger partial charge in [0.15, 0.2) is 12.2 Å². The fraction of sp³-hybridized carbons (Fsp3) is 0.667. The van der Waals surface area contributed by atoms with Crippen molar-refractivity contribution in [2.45, 2.75) is 84.2 Å². The third-order valence-corrected chi connectivity index (χ3v) is 4.54. The molecule has 0 aromatic carbocycles. The first-order valence-electron chi connectivity index (χ1n) is 11.2. The Kier molecular flexibility index (Phi) is 10.3. The van der Waals surface area contributed by atoms with Gasteiger partial charge in [-0.15, -0.1) is 0 Å². The first-order chi connectivity index (χ1) is 17.1. The number of ether oxygens (including phenoxy) is 6. The van der Waals surface area contributed by atoms with Crippen molar-refractivity contribution in [3.8, 4) is 0 Å². The first-order valence-corrected chi connectivity index (χ1v) is 10.5. The summed E-state index contributed by atoms with van der Waals surface area (Å²) in [7, 11) is 0. The molecule has 1 aliphatic heterocycles. The van der Waals surface area contributed by atoms with E-state index in [4.69, 9.17) is 25.1 Å². The summed E-state index contributed by atoms with van der Waals surface area (Å²) >= 11 is 0. The SMILES string of the molecule is [2H]CC(=O)N[C@H]1[C@H]([C@H](OC(C)=O)[C@@H](CO)OC(C)=O)OC(OC(C)=O)(C(=O)OC(C)=O)C[C@@H]1OC(C)=O. The maximum absolute atomic E-state index is 12.9. The third kappa shape index (κ3) is 8.57. The zero-order valence-corrected chi connectivity index (χ0v) is 20.3. The Morgan fingerprint density at radius 3 is 2.03 bits per heavy atom. The second-order valence-corrected chi connectivity index (χ2v) is 7.66. The van der Waals surface area contributed by atoms with Crippen LogP contribution in [0.1, 0.15) is 49.3 Å². The molecule has 0 aromatic heterocycles. The average Bonchev–Trinajstić information content (AvgIpc) is 2.75. The summed E-state index contributed by atoms with van der Waals surface area (Å²) in [6.45, 7) is 2.87. The molecule has 0 radical (unpaired) electrons. The highest BCUT2D eigenvalue weighted by molar-refractivity contribution is 5.90. The lowest BCUT2D eigenvalue weighted by Gasteiger charge is -2.47. The van der Waals surface area contributed by atoms with E-state index in [2.05, 4.69) is 10.1 Å². The summed E-state index contributed by atoms with van der Waals surface area (Å²) in [4.78, 5) is 84.1. The number of carbonyl (C=O) groups excluding carboxylic acids is 7. The number of aliphatic hydroxyl groups is 1. The van der Waals surface area contributed by atoms with Gasteiger partial charge < -0.3 is 38.8 Å². The number of carbonyl (C=O) groups is 7. The van der Waals surface area contributed by atoms with E-state index in [1.54, 1.807) is 0 Å². The van der Waals surface area contributed by atoms with Gasteiger partial charge in [0.1, 0.15) is 12.2 Å². The van der Waals surface area contributed by atoms with Crippen molar-refractivity contribution in [3.05, 3.63) is 0 Å². The molecule has 0 saturated carbocycles. The Hall–Kier alpha value is -3.59. The standard InChI is InChI=1S/C21H29NO14/c1-9(24)22-17-15(31-10(2)25)7-21(35-14(6)29,20(30)34-13(5)28)36-19(17)18(33-12(4)27)16(8-23)32-11(3)26/h15-19,23H,7-8H2,1-6H3,(H,22,24)/t15-,16+,17+,18+,19+,21?/m0/s1/i1D. The second kappa shape index (κ2) is 12.9. The van der Waals surface area contributed by atoms with Gasteiger partial charge in [0.05, 0.1) is 19.1 Å². The number of hydrogen-bond acceptors (Lipinski definition) is 14. The van der Waals surface area contributed by atoms with Crippen LogP contribution >= 0.6 is 0 Å². The Balaban J connectivity index is 3.85. The molecule has 202 valence electrons. The third-order valence-electron chi connectivity index (χ3n) is 4.54. The number of hydrogen-bond donors (Lipinski definition) is 2. The Bertz CT molecular complexity index is 923. The number of esters is 6. The largest absolute Gasteiger partial charge is 0.460 e. The smallest absolute Gasteiger partial charge is 0.387 e. The van der Waals surface area contributed by atoms with E-state index in [9.17, 15) is 38.7 Å². The predicted molar refractivity (Wildman–Crippen MR) is 112 cm³/mol. The van der Waals surface area contributed by atoms with Gasteiger partial charge in [0, 0.05) is 42.9 Å². The van der Waals surface area contributed by atoms with E-state index < -0.39 is 97.9 Å². The van der Waals surface area contributed by atoms with Crippen molar-refractivity contribution < 1.29 is 68.5 Å². The number of nitrogens with one attached hydrogen (secondary N) is 1. The molecule has 15 heteroatoms. The van der Waals surface area contributed by atoms with E-state index in [0.29, 0.717) is 0 Å². The van der Waals surface area contributed by atoms with Gasteiger partial charge in [-0.1, -0.05) is 0 Å². The van der Waals surface area contributed by atoms with Crippen LogP contribution in [0.3, 0.4) is 0 Å². The van der Waals surface area contributed by atoms with Gasteiger partial charge in [-0.05, 0) is 0 Å². The minimum absolute atomic E-state index is 0.816. The summed E-state index contributed by atoms with van der Waals surface area (Å²) in [6.07, 6.45) is -7.74. The molecule has 0 aromatic rings. The highest BCUT2D eigenvalue weighted by atomic mass is 16.8. The molecule has 1 heterocycles. The fourth-order valence-electron chi connectivity index (χ4n) is 3.55. The van der Waals surface area contributed by atoms with Crippen LogP contribution in [0.4, 0.5) is 0 Å². The number of rotatable bonds is 9. The summed E-state index contributed by atoms with van der Waals surface area (Å²) in [5.74, 6) is -10.4. The van der Waals surface area contributed by atoms with Crippen molar-refractivity contribution in [1.82, 2.24) is 5.32 Å². The molecule has 0 spiro atoms. The van der Waals surface area contributed by atoms with Crippen LogP contribution in [0.5, 0.6) is 0 Å². The van der Waals surface area contributed by atoms with Gasteiger partial charge in [0.2, 0.25) is 5.91 Å². The van der Waals surface area contributed by atoms with Crippen LogP contribution in [-0.4, -0.2) is 89.7 Å². The minimum atomic E-state index is -2.79. The van der Waals surface area contributed by atoms with Gasteiger partial charge in [0.25, 0.3) is 0 Å². The molecule has 1 rings (SSSR count). The number of amides is 1. The molecule has 1 unspecified atom stereocenters. The van der Waals surface area contributed by atoms with Crippen molar-refractivity contribution >= 4 is 41.7 Å². The van der Waals surface area contributed by atoms with E-state index in [1.807, 2.05) is 0 Å². The van der Waals surface area contributed by atoms with Crippen LogP contribution in [0.15, 0.2) is 0 Å². The Morgan fingerprint density at radius 1 is 0.972 bits per heavy atom. The van der Waals surface area contributed by atoms with Gasteiger partial charge in [-0.2, -0.15) is 0 Å². The lowest BCUT2D eigenvalue weighted by atomic mass is 9.88. The molecule has 1 saturated heterocycles. The Morgan fingerprint density at radius 2 is 1.58 bits per heavy atom. The minimum Gasteiger partial charge on any atom is -0.460 e. The molecule has 0 bridgehead atoms. The van der Waals surface area contributed by atoms with Gasteiger partial charge in [-0.3, -0.25) is 28.8 Å². The van der Waals surface area contributed by atoms with E-state index >= 15 is 0 Å². The van der Waals surface area contributed by atoms with Crippen molar-refractivity contribution in [1.29, 1.82) is 0 Å². The first kappa shape index (κ1) is 28.6. The molecule has 1 fully saturated rings. The molecule has 1 aliphatic rings. The Labute approximate surface area is 207 Å². The summed E-state index contributed by atoms with van der Waals surface area (Å²) in [5, 5.41) is 12.2. The van der Waals surface area contributed by atoms with Crippen molar-refractivity contribution in [3.63, 3.8) is 0 Å². The van der Waals surface area contributed by atoms with Gasteiger partial charge in [-0.25, -0.2) is 4.79 Å². The maximum atomic E-state index is 12.9. The number of aliphatic hydroxyl groups excluding tert-OH is 1. The van der Waals surface area contributed by atoms with Crippen LogP contribution in [0.25, 0.3) is 0 Å².